The second-order valence-electron chi connectivity index (χ2n) is 14.1. The molecule has 6 unspecified atom stereocenters. The molecule has 2 N–H and O–H groups in total. The molecule has 4 rings (SSSR count). The summed E-state index contributed by atoms with van der Waals surface area (Å²) in [6.45, 7) is 14.8. The van der Waals surface area contributed by atoms with Crippen molar-refractivity contribution in [2.75, 3.05) is 0 Å². The predicted molar refractivity (Wildman–Crippen MR) is 136 cm³/mol. The number of ether oxygens (including phenoxy) is 1. The molecular weight excluding hydrogens is 440 g/mol. The molecule has 200 valence electrons. The van der Waals surface area contributed by atoms with Crippen LogP contribution in [0.25, 0.3) is 0 Å². The van der Waals surface area contributed by atoms with Crippen LogP contribution in [0.15, 0.2) is 0 Å². The van der Waals surface area contributed by atoms with Gasteiger partial charge in [0.05, 0.1) is 6.10 Å². The van der Waals surface area contributed by atoms with Gasteiger partial charge in [0.25, 0.3) is 0 Å². The van der Waals surface area contributed by atoms with Gasteiger partial charge in [-0.3, -0.25) is 9.59 Å². The Labute approximate surface area is 212 Å². The van der Waals surface area contributed by atoms with Crippen LogP contribution in [0.3, 0.4) is 0 Å². The summed E-state index contributed by atoms with van der Waals surface area (Å²) in [6.07, 6.45) is 8.41. The van der Waals surface area contributed by atoms with E-state index < -0.39 is 22.7 Å². The summed E-state index contributed by atoms with van der Waals surface area (Å²) < 4.78 is 5.59. The number of hydrogen-bond donors (Lipinski definition) is 2. The highest BCUT2D eigenvalue weighted by Gasteiger charge is 2.67. The van der Waals surface area contributed by atoms with Crippen molar-refractivity contribution in [2.24, 2.45) is 46.3 Å². The molecule has 0 aliphatic heterocycles. The Bertz CT molecular complexity index is 837. The van der Waals surface area contributed by atoms with Crippen molar-refractivity contribution < 1.29 is 24.5 Å². The molecule has 4 aliphatic carbocycles. The van der Waals surface area contributed by atoms with Crippen molar-refractivity contribution in [1.82, 2.24) is 0 Å². The van der Waals surface area contributed by atoms with Gasteiger partial charge in [-0.1, -0.05) is 34.1 Å². The zero-order valence-corrected chi connectivity index (χ0v) is 23.2. The van der Waals surface area contributed by atoms with Gasteiger partial charge in [-0.25, -0.2) is 0 Å². The molecule has 0 aromatic heterocycles. The Morgan fingerprint density at radius 1 is 1.09 bits per heavy atom. The van der Waals surface area contributed by atoms with Crippen LogP contribution in [0.4, 0.5) is 0 Å². The molecule has 0 radical (unpaired) electrons. The van der Waals surface area contributed by atoms with E-state index in [-0.39, 0.29) is 23.6 Å². The van der Waals surface area contributed by atoms with E-state index in [1.807, 2.05) is 13.8 Å². The number of Topliss-reactive ketones (excluding diaryl/α,β-unsaturated/α-hetero) is 1. The summed E-state index contributed by atoms with van der Waals surface area (Å²) >= 11 is 0. The lowest BCUT2D eigenvalue weighted by molar-refractivity contribution is -0.213. The van der Waals surface area contributed by atoms with Gasteiger partial charge >= 0.3 is 5.97 Å². The maximum atomic E-state index is 13.4. The van der Waals surface area contributed by atoms with E-state index in [0.29, 0.717) is 48.3 Å². The first-order valence-corrected chi connectivity index (χ1v) is 14.3. The van der Waals surface area contributed by atoms with E-state index in [2.05, 4.69) is 27.7 Å². The predicted octanol–water partition coefficient (Wildman–Crippen LogP) is 5.69. The number of aliphatic hydroxyl groups is 2. The first-order chi connectivity index (χ1) is 16.2. The van der Waals surface area contributed by atoms with E-state index in [1.54, 1.807) is 0 Å². The van der Waals surface area contributed by atoms with Gasteiger partial charge in [-0.05, 0) is 99.7 Å². The molecule has 5 nitrogen and oxygen atoms in total. The average Bonchev–Trinajstić information content (AvgIpc) is 3.10. The molecule has 0 heterocycles. The van der Waals surface area contributed by atoms with Crippen LogP contribution in [0.5, 0.6) is 0 Å². The smallest absolute Gasteiger partial charge is 0.303 e. The maximum Gasteiger partial charge on any atom is 0.303 e. The van der Waals surface area contributed by atoms with E-state index in [9.17, 15) is 19.8 Å². The Hall–Kier alpha value is -0.940. The molecule has 0 aromatic rings. The molecule has 5 heteroatoms. The highest BCUT2D eigenvalue weighted by Crippen LogP contribution is 2.68. The summed E-state index contributed by atoms with van der Waals surface area (Å²) in [6, 6.07) is 0. The molecule has 10 atom stereocenters. The molecular formula is C30H50O5. The largest absolute Gasteiger partial charge is 0.460 e. The Morgan fingerprint density at radius 3 is 2.43 bits per heavy atom. The second-order valence-corrected chi connectivity index (χ2v) is 14.1. The number of carbonyl (C=O) groups excluding carboxylic acids is 2. The Balaban J connectivity index is 1.47. The van der Waals surface area contributed by atoms with E-state index >= 15 is 0 Å². The molecule has 4 aliphatic rings. The quantitative estimate of drug-likeness (QED) is 0.467. The zero-order valence-electron chi connectivity index (χ0n) is 23.2. The third-order valence-corrected chi connectivity index (χ3v) is 12.0. The van der Waals surface area contributed by atoms with E-state index in [4.69, 9.17) is 4.74 Å². The number of fused-ring (bicyclic) bond motifs is 5. The fourth-order valence-corrected chi connectivity index (χ4v) is 9.53. The van der Waals surface area contributed by atoms with Crippen LogP contribution in [0, 0.1) is 46.3 Å². The van der Waals surface area contributed by atoms with Gasteiger partial charge in [0.15, 0.2) is 5.78 Å². The number of hydrogen-bond acceptors (Lipinski definition) is 5. The molecule has 4 saturated carbocycles. The Kier molecular flexibility index (Phi) is 7.06. The van der Waals surface area contributed by atoms with Crippen LogP contribution in [-0.2, 0) is 14.3 Å². The molecule has 35 heavy (non-hydrogen) atoms. The number of esters is 1. The lowest BCUT2D eigenvalue weighted by Gasteiger charge is -2.63. The van der Waals surface area contributed by atoms with Gasteiger partial charge in [0.1, 0.15) is 11.2 Å². The minimum Gasteiger partial charge on any atom is -0.460 e. The molecule has 0 amide bonds. The van der Waals surface area contributed by atoms with Gasteiger partial charge in [-0.2, -0.15) is 0 Å². The highest BCUT2D eigenvalue weighted by atomic mass is 16.6. The molecule has 0 saturated heterocycles. The van der Waals surface area contributed by atoms with Crippen molar-refractivity contribution in [3.63, 3.8) is 0 Å². The summed E-state index contributed by atoms with van der Waals surface area (Å²) in [5.74, 6) is 2.58. The lowest BCUT2D eigenvalue weighted by Crippen LogP contribution is -2.67. The van der Waals surface area contributed by atoms with Crippen LogP contribution >= 0.6 is 0 Å². The number of carbonyl (C=O) groups is 2. The van der Waals surface area contributed by atoms with Gasteiger partial charge in [0, 0.05) is 25.2 Å². The number of rotatable bonds is 6. The van der Waals surface area contributed by atoms with Crippen molar-refractivity contribution in [3.8, 4) is 0 Å². The van der Waals surface area contributed by atoms with Crippen molar-refractivity contribution in [1.29, 1.82) is 0 Å². The standard InChI is InChI=1S/C30H50O5/c1-18(8-9-19(2)27(4,5)35-20(3)31)23-10-11-24-22-16-26(33)30(34)17-21(32)12-15-29(30,7)25(22)13-14-28(23,24)6/h18-19,21-25,32,34H,8-17H2,1-7H3/t18-,19+,21+,22?,23?,24?,25?,28?,29?,30+/m1/s1. The Morgan fingerprint density at radius 2 is 1.77 bits per heavy atom. The second kappa shape index (κ2) is 9.11. The normalized spacial score (nSPS) is 45.2. The fourth-order valence-electron chi connectivity index (χ4n) is 9.53. The minimum atomic E-state index is -1.35. The molecule has 0 spiro atoms. The monoisotopic (exact) mass is 490 g/mol. The van der Waals surface area contributed by atoms with E-state index in [0.717, 1.165) is 25.7 Å². The molecule has 0 bridgehead atoms. The first kappa shape index (κ1) is 27.1. The van der Waals surface area contributed by atoms with Crippen molar-refractivity contribution >= 4 is 11.8 Å². The van der Waals surface area contributed by atoms with Crippen LogP contribution in [0.2, 0.25) is 0 Å². The maximum absolute atomic E-state index is 13.4. The summed E-state index contributed by atoms with van der Waals surface area (Å²) in [4.78, 5) is 24.9. The summed E-state index contributed by atoms with van der Waals surface area (Å²) in [5.41, 5.74) is -1.96. The van der Waals surface area contributed by atoms with Crippen molar-refractivity contribution in [2.45, 2.75) is 130 Å². The number of aliphatic hydroxyl groups excluding tert-OH is 1. The zero-order chi connectivity index (χ0) is 26.0. The molecule has 4 fully saturated rings. The van der Waals surface area contributed by atoms with Crippen LogP contribution in [0.1, 0.15) is 113 Å². The third-order valence-electron chi connectivity index (χ3n) is 12.0. The topological polar surface area (TPSA) is 83.8 Å². The minimum absolute atomic E-state index is 0.0118. The lowest BCUT2D eigenvalue weighted by atomic mass is 9.42. The van der Waals surface area contributed by atoms with Gasteiger partial charge in [0.2, 0.25) is 0 Å². The highest BCUT2D eigenvalue weighted by molar-refractivity contribution is 5.89. The average molecular weight is 491 g/mol. The SMILES string of the molecule is CC(=O)OC(C)(C)[C@@H](C)CC[C@@H](C)C1CCC2C3CC(=O)[C@@]4(O)C[C@@H](O)CCC4(C)C3CCC21C. The van der Waals surface area contributed by atoms with Crippen LogP contribution in [-0.4, -0.2) is 39.3 Å². The summed E-state index contributed by atoms with van der Waals surface area (Å²) in [7, 11) is 0. The van der Waals surface area contributed by atoms with Gasteiger partial charge in [-0.15, -0.1) is 0 Å². The number of ketones is 1. The first-order valence-electron chi connectivity index (χ1n) is 14.3. The van der Waals surface area contributed by atoms with E-state index in [1.165, 1.54) is 26.2 Å². The third kappa shape index (κ3) is 4.31. The fraction of sp³-hybridized carbons (Fsp3) is 0.933. The van der Waals surface area contributed by atoms with Gasteiger partial charge < -0.3 is 14.9 Å². The van der Waals surface area contributed by atoms with Crippen LogP contribution < -0.4 is 0 Å². The van der Waals surface area contributed by atoms with Crippen molar-refractivity contribution in [3.05, 3.63) is 0 Å². The summed E-state index contributed by atoms with van der Waals surface area (Å²) in [5, 5.41) is 21.8. The molecule has 0 aromatic carbocycles.